The van der Waals surface area contributed by atoms with Crippen LogP contribution in [0.1, 0.15) is 40.0 Å². The van der Waals surface area contributed by atoms with Crippen LogP contribution < -0.4 is 5.32 Å². The van der Waals surface area contributed by atoms with Crippen LogP contribution in [-0.4, -0.2) is 54.0 Å². The first-order valence-electron chi connectivity index (χ1n) is 6.63. The zero-order valence-corrected chi connectivity index (χ0v) is 11.9. The number of urea groups is 1. The highest BCUT2D eigenvalue weighted by atomic mass is 16.5. The largest absolute Gasteiger partial charge is 0.394 e. The first-order chi connectivity index (χ1) is 8.39. The molecule has 0 saturated carbocycles. The van der Waals surface area contributed by atoms with Crippen molar-refractivity contribution in [3.63, 3.8) is 0 Å². The van der Waals surface area contributed by atoms with Gasteiger partial charge in [0.25, 0.3) is 0 Å². The van der Waals surface area contributed by atoms with Gasteiger partial charge in [-0.25, -0.2) is 4.79 Å². The molecule has 2 atom stereocenters. The molecule has 1 saturated heterocycles. The molecule has 2 amide bonds. The Morgan fingerprint density at radius 1 is 1.61 bits per heavy atom. The monoisotopic (exact) mass is 258 g/mol. The molecule has 0 aromatic carbocycles. The number of hydrogen-bond donors (Lipinski definition) is 2. The Bertz CT molecular complexity index is 281. The topological polar surface area (TPSA) is 61.8 Å². The third kappa shape index (κ3) is 4.14. The van der Waals surface area contributed by atoms with Gasteiger partial charge in [0.15, 0.2) is 0 Å². The summed E-state index contributed by atoms with van der Waals surface area (Å²) in [7, 11) is 1.68. The fourth-order valence-electron chi connectivity index (χ4n) is 2.46. The first kappa shape index (κ1) is 15.2. The van der Waals surface area contributed by atoms with E-state index in [0.717, 1.165) is 25.8 Å². The highest BCUT2D eigenvalue weighted by molar-refractivity contribution is 5.75. The van der Waals surface area contributed by atoms with Crippen molar-refractivity contribution in [2.75, 3.05) is 20.3 Å². The molecular formula is C13H26N2O3. The third-order valence-electron chi connectivity index (χ3n) is 3.57. The molecule has 0 bridgehead atoms. The summed E-state index contributed by atoms with van der Waals surface area (Å²) < 4.78 is 5.35. The summed E-state index contributed by atoms with van der Waals surface area (Å²) in [5, 5.41) is 12.2. The van der Waals surface area contributed by atoms with Gasteiger partial charge in [0, 0.05) is 19.7 Å². The molecule has 1 fully saturated rings. The van der Waals surface area contributed by atoms with Crippen LogP contribution in [-0.2, 0) is 4.74 Å². The summed E-state index contributed by atoms with van der Waals surface area (Å²) in [6.45, 7) is 6.76. The highest BCUT2D eigenvalue weighted by Crippen LogP contribution is 2.18. The highest BCUT2D eigenvalue weighted by Gasteiger charge is 2.29. The van der Waals surface area contributed by atoms with Crippen molar-refractivity contribution in [3.8, 4) is 0 Å². The summed E-state index contributed by atoms with van der Waals surface area (Å²) in [6, 6.07) is -0.0500. The Labute approximate surface area is 109 Å². The maximum Gasteiger partial charge on any atom is 0.317 e. The number of carbonyl (C=O) groups is 1. The van der Waals surface area contributed by atoms with Crippen molar-refractivity contribution in [3.05, 3.63) is 0 Å². The normalized spacial score (nSPS) is 22.1. The molecule has 0 spiro atoms. The molecular weight excluding hydrogens is 232 g/mol. The molecule has 1 heterocycles. The van der Waals surface area contributed by atoms with E-state index in [1.54, 1.807) is 12.0 Å². The second kappa shape index (κ2) is 6.38. The Kier molecular flexibility index (Phi) is 5.41. The molecule has 5 nitrogen and oxygen atoms in total. The lowest BCUT2D eigenvalue weighted by molar-refractivity contribution is 0.00902. The zero-order valence-electron chi connectivity index (χ0n) is 11.9. The summed E-state index contributed by atoms with van der Waals surface area (Å²) in [4.78, 5) is 13.8. The van der Waals surface area contributed by atoms with Gasteiger partial charge >= 0.3 is 6.03 Å². The average Bonchev–Trinajstić information content (AvgIpc) is 2.76. The van der Waals surface area contributed by atoms with Crippen molar-refractivity contribution in [2.24, 2.45) is 0 Å². The molecule has 1 aliphatic heterocycles. The number of aliphatic hydroxyl groups is 1. The Balaban J connectivity index is 2.44. The SMILES string of the molecule is COC(C)(C)CC(C)NC(=O)N1CCC[C@@H]1CO. The molecule has 0 aliphatic carbocycles. The van der Waals surface area contributed by atoms with Gasteiger partial charge in [0.2, 0.25) is 0 Å². The second-order valence-corrected chi connectivity index (χ2v) is 5.69. The van der Waals surface area contributed by atoms with Crippen LogP contribution in [0.15, 0.2) is 0 Å². The molecule has 1 rings (SSSR count). The fourth-order valence-corrected chi connectivity index (χ4v) is 2.46. The zero-order chi connectivity index (χ0) is 13.8. The van der Waals surface area contributed by atoms with Crippen LogP contribution in [0, 0.1) is 0 Å². The smallest absolute Gasteiger partial charge is 0.317 e. The van der Waals surface area contributed by atoms with Gasteiger partial charge in [-0.15, -0.1) is 0 Å². The van der Waals surface area contributed by atoms with E-state index >= 15 is 0 Å². The predicted octanol–water partition coefficient (Wildman–Crippen LogP) is 1.36. The third-order valence-corrected chi connectivity index (χ3v) is 3.57. The van der Waals surface area contributed by atoms with Crippen LogP contribution in [0.5, 0.6) is 0 Å². The van der Waals surface area contributed by atoms with E-state index in [4.69, 9.17) is 4.74 Å². The molecule has 18 heavy (non-hydrogen) atoms. The minimum absolute atomic E-state index is 0.0207. The number of nitrogens with zero attached hydrogens (tertiary/aromatic N) is 1. The predicted molar refractivity (Wildman–Crippen MR) is 70.5 cm³/mol. The molecule has 1 unspecified atom stereocenters. The number of nitrogens with one attached hydrogen (secondary N) is 1. The van der Waals surface area contributed by atoms with E-state index in [0.29, 0.717) is 0 Å². The van der Waals surface area contributed by atoms with Crippen LogP contribution in [0.4, 0.5) is 4.79 Å². The van der Waals surface area contributed by atoms with Gasteiger partial charge in [-0.1, -0.05) is 0 Å². The molecule has 106 valence electrons. The molecule has 1 aliphatic rings. The molecule has 2 N–H and O–H groups in total. The number of aliphatic hydroxyl groups excluding tert-OH is 1. The number of rotatable bonds is 5. The first-order valence-corrected chi connectivity index (χ1v) is 6.63. The minimum Gasteiger partial charge on any atom is -0.394 e. The number of ether oxygens (including phenoxy) is 1. The molecule has 0 radical (unpaired) electrons. The standard InChI is InChI=1S/C13H26N2O3/c1-10(8-13(2,3)18-4)14-12(17)15-7-5-6-11(15)9-16/h10-11,16H,5-9H2,1-4H3,(H,14,17)/t10?,11-/m1/s1. The van der Waals surface area contributed by atoms with E-state index in [9.17, 15) is 9.90 Å². The molecule has 5 heteroatoms. The Morgan fingerprint density at radius 2 is 2.28 bits per heavy atom. The van der Waals surface area contributed by atoms with Crippen LogP contribution in [0.25, 0.3) is 0 Å². The number of likely N-dealkylation sites (tertiary alicyclic amines) is 1. The summed E-state index contributed by atoms with van der Waals surface area (Å²) in [5.41, 5.74) is -0.242. The van der Waals surface area contributed by atoms with Gasteiger partial charge < -0.3 is 20.1 Å². The van der Waals surface area contributed by atoms with Crippen molar-refractivity contribution >= 4 is 6.03 Å². The van der Waals surface area contributed by atoms with Crippen LogP contribution >= 0.6 is 0 Å². The lowest BCUT2D eigenvalue weighted by Gasteiger charge is -2.30. The Morgan fingerprint density at radius 3 is 2.83 bits per heavy atom. The number of hydrogen-bond acceptors (Lipinski definition) is 3. The maximum atomic E-state index is 12.1. The van der Waals surface area contributed by atoms with Gasteiger partial charge in [0.1, 0.15) is 0 Å². The van der Waals surface area contributed by atoms with E-state index < -0.39 is 0 Å². The van der Waals surface area contributed by atoms with Gasteiger partial charge in [0.05, 0.1) is 18.2 Å². The second-order valence-electron chi connectivity index (χ2n) is 5.69. The summed E-state index contributed by atoms with van der Waals surface area (Å²) in [5.74, 6) is 0. The summed E-state index contributed by atoms with van der Waals surface area (Å²) in [6.07, 6.45) is 2.62. The van der Waals surface area contributed by atoms with E-state index in [2.05, 4.69) is 5.32 Å². The number of carbonyl (C=O) groups excluding carboxylic acids is 1. The minimum atomic E-state index is -0.242. The van der Waals surface area contributed by atoms with Crippen molar-refractivity contribution in [1.29, 1.82) is 0 Å². The van der Waals surface area contributed by atoms with Crippen molar-refractivity contribution in [1.82, 2.24) is 10.2 Å². The van der Waals surface area contributed by atoms with Crippen LogP contribution in [0.3, 0.4) is 0 Å². The lowest BCUT2D eigenvalue weighted by Crippen LogP contribution is -2.48. The van der Waals surface area contributed by atoms with Gasteiger partial charge in [-0.05, 0) is 40.0 Å². The van der Waals surface area contributed by atoms with Crippen molar-refractivity contribution < 1.29 is 14.6 Å². The maximum absolute atomic E-state index is 12.1. The quantitative estimate of drug-likeness (QED) is 0.782. The van der Waals surface area contributed by atoms with Crippen LogP contribution in [0.2, 0.25) is 0 Å². The van der Waals surface area contributed by atoms with E-state index in [1.165, 1.54) is 0 Å². The fraction of sp³-hybridized carbons (Fsp3) is 0.923. The molecule has 0 aromatic heterocycles. The average molecular weight is 258 g/mol. The van der Waals surface area contributed by atoms with E-state index in [1.807, 2.05) is 20.8 Å². The number of amides is 2. The van der Waals surface area contributed by atoms with Gasteiger partial charge in [-0.3, -0.25) is 0 Å². The van der Waals surface area contributed by atoms with E-state index in [-0.39, 0.29) is 30.3 Å². The van der Waals surface area contributed by atoms with Crippen molar-refractivity contribution in [2.45, 2.75) is 57.7 Å². The molecule has 0 aromatic rings. The Hall–Kier alpha value is -0.810. The lowest BCUT2D eigenvalue weighted by atomic mass is 10.00. The number of methoxy groups -OCH3 is 1. The summed E-state index contributed by atoms with van der Waals surface area (Å²) >= 11 is 0. The van der Waals surface area contributed by atoms with Gasteiger partial charge in [-0.2, -0.15) is 0 Å².